The maximum atomic E-state index is 12.2. The van der Waals surface area contributed by atoms with E-state index in [1.807, 2.05) is 12.1 Å². The number of carbonyl (C=O) groups is 2. The molecule has 106 valence electrons. The molecule has 6 nitrogen and oxygen atoms in total. The molecule has 2 amide bonds. The van der Waals surface area contributed by atoms with E-state index >= 15 is 0 Å². The van der Waals surface area contributed by atoms with E-state index in [9.17, 15) is 9.59 Å². The molecule has 3 rings (SSSR count). The van der Waals surface area contributed by atoms with E-state index in [2.05, 4.69) is 20.5 Å². The van der Waals surface area contributed by atoms with Crippen LogP contribution in [0.3, 0.4) is 0 Å². The molecule has 0 radical (unpaired) electrons. The Kier molecular flexibility index (Phi) is 3.54. The van der Waals surface area contributed by atoms with Crippen LogP contribution in [-0.2, 0) is 9.59 Å². The summed E-state index contributed by atoms with van der Waals surface area (Å²) in [5.41, 5.74) is 0.735. The zero-order valence-corrected chi connectivity index (χ0v) is 11.3. The predicted octanol–water partition coefficient (Wildman–Crippen LogP) is 0.756. The summed E-state index contributed by atoms with van der Waals surface area (Å²) in [7, 11) is 0. The van der Waals surface area contributed by atoms with Gasteiger partial charge < -0.3 is 15.5 Å². The highest BCUT2D eigenvalue weighted by Gasteiger charge is 2.28. The molecule has 2 saturated heterocycles. The minimum absolute atomic E-state index is 0.0592. The second kappa shape index (κ2) is 5.48. The van der Waals surface area contributed by atoms with Crippen molar-refractivity contribution in [3.05, 3.63) is 18.3 Å². The van der Waals surface area contributed by atoms with Crippen molar-refractivity contribution < 1.29 is 9.59 Å². The standard InChI is InChI=1S/C14H18N4O2/c19-12-8-10(9-16-12)14(20)17-11-4-3-5-15-13(11)18-6-1-2-7-18/h3-5,10H,1-2,6-9H2,(H,16,19)(H,17,20). The van der Waals surface area contributed by atoms with E-state index in [1.54, 1.807) is 6.20 Å². The van der Waals surface area contributed by atoms with Crippen LogP contribution in [0.15, 0.2) is 18.3 Å². The molecule has 1 aromatic rings. The molecule has 3 heterocycles. The number of carbonyl (C=O) groups excluding carboxylic acids is 2. The summed E-state index contributed by atoms with van der Waals surface area (Å²) in [6.45, 7) is 2.37. The molecule has 0 saturated carbocycles. The summed E-state index contributed by atoms with van der Waals surface area (Å²) < 4.78 is 0. The smallest absolute Gasteiger partial charge is 0.229 e. The van der Waals surface area contributed by atoms with Gasteiger partial charge in [0.05, 0.1) is 11.6 Å². The van der Waals surface area contributed by atoms with Crippen LogP contribution in [0.4, 0.5) is 11.5 Å². The predicted molar refractivity (Wildman–Crippen MR) is 75.4 cm³/mol. The largest absolute Gasteiger partial charge is 0.355 e. The van der Waals surface area contributed by atoms with Crippen LogP contribution < -0.4 is 15.5 Å². The monoisotopic (exact) mass is 274 g/mol. The average molecular weight is 274 g/mol. The van der Waals surface area contributed by atoms with Crippen molar-refractivity contribution in [2.75, 3.05) is 29.9 Å². The fraction of sp³-hybridized carbons (Fsp3) is 0.500. The van der Waals surface area contributed by atoms with E-state index in [1.165, 1.54) is 0 Å². The van der Waals surface area contributed by atoms with Crippen molar-refractivity contribution in [1.82, 2.24) is 10.3 Å². The number of amides is 2. The normalized spacial score (nSPS) is 21.9. The minimum atomic E-state index is -0.283. The maximum Gasteiger partial charge on any atom is 0.229 e. The van der Waals surface area contributed by atoms with Gasteiger partial charge in [0.25, 0.3) is 0 Å². The van der Waals surface area contributed by atoms with Crippen molar-refractivity contribution in [3.63, 3.8) is 0 Å². The Morgan fingerprint density at radius 3 is 2.90 bits per heavy atom. The Hall–Kier alpha value is -2.11. The third-order valence-electron chi connectivity index (χ3n) is 3.80. The van der Waals surface area contributed by atoms with Crippen molar-refractivity contribution in [3.8, 4) is 0 Å². The van der Waals surface area contributed by atoms with Gasteiger partial charge in [-0.1, -0.05) is 0 Å². The van der Waals surface area contributed by atoms with Gasteiger partial charge in [-0.3, -0.25) is 9.59 Å². The van der Waals surface area contributed by atoms with Gasteiger partial charge in [-0.2, -0.15) is 0 Å². The van der Waals surface area contributed by atoms with Crippen LogP contribution in [0.1, 0.15) is 19.3 Å². The van der Waals surface area contributed by atoms with Gasteiger partial charge in [-0.05, 0) is 25.0 Å². The van der Waals surface area contributed by atoms with E-state index < -0.39 is 0 Å². The van der Waals surface area contributed by atoms with Gasteiger partial charge >= 0.3 is 0 Å². The Morgan fingerprint density at radius 1 is 1.40 bits per heavy atom. The van der Waals surface area contributed by atoms with Gasteiger partial charge in [0.15, 0.2) is 5.82 Å². The summed E-state index contributed by atoms with van der Waals surface area (Å²) in [5.74, 6) is 0.373. The molecule has 2 N–H and O–H groups in total. The molecule has 1 aromatic heterocycles. The fourth-order valence-corrected chi connectivity index (χ4v) is 2.70. The molecule has 1 atom stereocenters. The molecular weight excluding hydrogens is 256 g/mol. The third kappa shape index (κ3) is 2.59. The number of anilines is 2. The Morgan fingerprint density at radius 2 is 2.20 bits per heavy atom. The van der Waals surface area contributed by atoms with Crippen LogP contribution in [0.2, 0.25) is 0 Å². The first-order valence-electron chi connectivity index (χ1n) is 7.01. The molecule has 0 aliphatic carbocycles. The van der Waals surface area contributed by atoms with Crippen molar-refractivity contribution in [2.24, 2.45) is 5.92 Å². The quantitative estimate of drug-likeness (QED) is 0.853. The first-order valence-corrected chi connectivity index (χ1v) is 7.01. The lowest BCUT2D eigenvalue weighted by Gasteiger charge is -2.20. The van der Waals surface area contributed by atoms with E-state index in [-0.39, 0.29) is 24.2 Å². The number of hydrogen-bond acceptors (Lipinski definition) is 4. The van der Waals surface area contributed by atoms with Gasteiger partial charge in [0.2, 0.25) is 11.8 Å². The zero-order valence-electron chi connectivity index (χ0n) is 11.3. The van der Waals surface area contributed by atoms with Crippen LogP contribution in [0.25, 0.3) is 0 Å². The van der Waals surface area contributed by atoms with Gasteiger partial charge in [0, 0.05) is 32.3 Å². The molecule has 6 heteroatoms. The molecule has 2 aliphatic heterocycles. The summed E-state index contributed by atoms with van der Waals surface area (Å²) in [6.07, 6.45) is 4.32. The number of aromatic nitrogens is 1. The SMILES string of the molecule is O=C1CC(C(=O)Nc2cccnc2N2CCCC2)CN1. The molecule has 2 fully saturated rings. The molecule has 0 aromatic carbocycles. The van der Waals surface area contributed by atoms with Crippen LogP contribution >= 0.6 is 0 Å². The second-order valence-corrected chi connectivity index (χ2v) is 5.26. The zero-order chi connectivity index (χ0) is 13.9. The first kappa shape index (κ1) is 12.9. The Balaban J connectivity index is 1.73. The lowest BCUT2D eigenvalue weighted by Crippen LogP contribution is -2.27. The number of hydrogen-bond donors (Lipinski definition) is 2. The van der Waals surface area contributed by atoms with E-state index in [4.69, 9.17) is 0 Å². The molecule has 0 spiro atoms. The van der Waals surface area contributed by atoms with Crippen molar-refractivity contribution in [2.45, 2.75) is 19.3 Å². The lowest BCUT2D eigenvalue weighted by atomic mass is 10.1. The summed E-state index contributed by atoms with van der Waals surface area (Å²) in [5, 5.41) is 5.59. The van der Waals surface area contributed by atoms with Gasteiger partial charge in [-0.25, -0.2) is 4.98 Å². The van der Waals surface area contributed by atoms with E-state index in [0.29, 0.717) is 6.54 Å². The van der Waals surface area contributed by atoms with Crippen molar-refractivity contribution in [1.29, 1.82) is 0 Å². The average Bonchev–Trinajstić information content (AvgIpc) is 3.10. The molecule has 2 aliphatic rings. The van der Waals surface area contributed by atoms with Gasteiger partial charge in [-0.15, -0.1) is 0 Å². The third-order valence-corrected chi connectivity index (χ3v) is 3.80. The Labute approximate surface area is 117 Å². The summed E-state index contributed by atoms with van der Waals surface area (Å²) in [4.78, 5) is 29.9. The highest BCUT2D eigenvalue weighted by Crippen LogP contribution is 2.26. The Bertz CT molecular complexity index is 526. The lowest BCUT2D eigenvalue weighted by molar-refractivity contribution is -0.123. The molecule has 20 heavy (non-hydrogen) atoms. The highest BCUT2D eigenvalue weighted by atomic mass is 16.2. The van der Waals surface area contributed by atoms with Crippen LogP contribution in [0.5, 0.6) is 0 Å². The summed E-state index contributed by atoms with van der Waals surface area (Å²) in [6, 6.07) is 3.68. The van der Waals surface area contributed by atoms with E-state index in [0.717, 1.165) is 37.4 Å². The number of nitrogens with one attached hydrogen (secondary N) is 2. The maximum absolute atomic E-state index is 12.2. The van der Waals surface area contributed by atoms with Gasteiger partial charge in [0.1, 0.15) is 0 Å². The van der Waals surface area contributed by atoms with Crippen LogP contribution in [-0.4, -0.2) is 36.4 Å². The second-order valence-electron chi connectivity index (χ2n) is 5.26. The topological polar surface area (TPSA) is 74.3 Å². The van der Waals surface area contributed by atoms with Crippen molar-refractivity contribution >= 4 is 23.3 Å². The highest BCUT2D eigenvalue weighted by molar-refractivity contribution is 5.98. The minimum Gasteiger partial charge on any atom is -0.355 e. The summed E-state index contributed by atoms with van der Waals surface area (Å²) >= 11 is 0. The molecule has 0 bridgehead atoms. The molecule has 1 unspecified atom stereocenters. The first-order chi connectivity index (χ1) is 9.74. The van der Waals surface area contributed by atoms with Crippen LogP contribution in [0, 0.1) is 5.92 Å². The fourth-order valence-electron chi connectivity index (χ4n) is 2.70. The number of nitrogens with zero attached hydrogens (tertiary/aromatic N) is 2. The number of pyridine rings is 1. The number of rotatable bonds is 3. The molecular formula is C14H18N4O2.